The van der Waals surface area contributed by atoms with E-state index in [-0.39, 0.29) is 6.42 Å². The molecule has 4 amide bonds. The summed E-state index contributed by atoms with van der Waals surface area (Å²) >= 11 is 5.97. The largest absolute Gasteiger partial charge is 0.496 e. The maximum absolute atomic E-state index is 13.0. The first-order valence-corrected chi connectivity index (χ1v) is 9.43. The third-order valence-corrected chi connectivity index (χ3v) is 5.09. The van der Waals surface area contributed by atoms with Gasteiger partial charge in [-0.1, -0.05) is 35.9 Å². The van der Waals surface area contributed by atoms with Crippen molar-refractivity contribution in [3.8, 4) is 5.75 Å². The minimum Gasteiger partial charge on any atom is -0.496 e. The Morgan fingerprint density at radius 2 is 1.97 bits per heavy atom. The number of amides is 4. The molecular weight excluding hydrogens is 394 g/mol. The van der Waals surface area contributed by atoms with Crippen LogP contribution in [0.5, 0.6) is 5.75 Å². The van der Waals surface area contributed by atoms with Crippen molar-refractivity contribution in [1.29, 1.82) is 0 Å². The number of ether oxygens (including phenoxy) is 1. The van der Waals surface area contributed by atoms with Gasteiger partial charge in [0.15, 0.2) is 0 Å². The Labute approximate surface area is 174 Å². The van der Waals surface area contributed by atoms with Gasteiger partial charge in [0.1, 0.15) is 17.8 Å². The molecule has 2 aromatic rings. The van der Waals surface area contributed by atoms with Gasteiger partial charge in [-0.25, -0.2) is 4.79 Å². The number of hydrogen-bond acceptors (Lipinski definition) is 4. The Hall–Kier alpha value is -3.06. The first kappa shape index (κ1) is 20.7. The maximum Gasteiger partial charge on any atom is 0.325 e. The molecule has 29 heavy (non-hydrogen) atoms. The summed E-state index contributed by atoms with van der Waals surface area (Å²) in [6.45, 7) is 3.07. The molecule has 1 atom stereocenters. The number of anilines is 1. The van der Waals surface area contributed by atoms with E-state index in [9.17, 15) is 14.4 Å². The lowest BCUT2D eigenvalue weighted by Crippen LogP contribution is -2.46. The lowest BCUT2D eigenvalue weighted by molar-refractivity contribution is -0.133. The number of halogens is 1. The molecule has 0 bridgehead atoms. The number of para-hydroxylation sites is 1. The first-order chi connectivity index (χ1) is 13.7. The molecule has 7 nitrogen and oxygen atoms in total. The van der Waals surface area contributed by atoms with Crippen molar-refractivity contribution in [3.05, 3.63) is 58.6 Å². The molecule has 1 aliphatic rings. The molecule has 3 rings (SSSR count). The second-order valence-electron chi connectivity index (χ2n) is 7.15. The van der Waals surface area contributed by atoms with Gasteiger partial charge >= 0.3 is 6.03 Å². The molecule has 0 saturated carbocycles. The first-order valence-electron chi connectivity index (χ1n) is 9.05. The van der Waals surface area contributed by atoms with Gasteiger partial charge < -0.3 is 15.4 Å². The summed E-state index contributed by atoms with van der Waals surface area (Å²) in [5.74, 6) is -0.324. The Kier molecular flexibility index (Phi) is 5.79. The predicted octanol–water partition coefficient (Wildman–Crippen LogP) is 3.15. The summed E-state index contributed by atoms with van der Waals surface area (Å²) < 4.78 is 5.33. The molecule has 152 valence electrons. The van der Waals surface area contributed by atoms with Crippen LogP contribution in [0.4, 0.5) is 10.5 Å². The molecule has 0 aromatic heterocycles. The molecular formula is C21H22ClN3O4. The number of benzene rings is 2. The van der Waals surface area contributed by atoms with E-state index in [0.29, 0.717) is 16.5 Å². The molecule has 0 radical (unpaired) electrons. The Morgan fingerprint density at radius 3 is 2.69 bits per heavy atom. The molecule has 0 unspecified atom stereocenters. The molecule has 8 heteroatoms. The van der Waals surface area contributed by atoms with Crippen molar-refractivity contribution in [2.45, 2.75) is 25.8 Å². The molecule has 2 aromatic carbocycles. The van der Waals surface area contributed by atoms with Crippen molar-refractivity contribution in [3.63, 3.8) is 0 Å². The van der Waals surface area contributed by atoms with E-state index >= 15 is 0 Å². The van der Waals surface area contributed by atoms with Crippen LogP contribution in [0.25, 0.3) is 0 Å². The lowest BCUT2D eigenvalue weighted by atomic mass is 9.92. The Bertz CT molecular complexity index is 978. The lowest BCUT2D eigenvalue weighted by Gasteiger charge is -2.22. The van der Waals surface area contributed by atoms with E-state index in [1.165, 1.54) is 0 Å². The summed E-state index contributed by atoms with van der Waals surface area (Å²) in [5, 5.41) is 5.87. The normalized spacial score (nSPS) is 18.6. The number of aryl methyl sites for hydroxylation is 1. The van der Waals surface area contributed by atoms with Gasteiger partial charge in [-0.05, 0) is 43.2 Å². The summed E-state index contributed by atoms with van der Waals surface area (Å²) in [6.07, 6.45) is 0.243. The molecule has 0 spiro atoms. The van der Waals surface area contributed by atoms with Gasteiger partial charge in [-0.2, -0.15) is 0 Å². The quantitative estimate of drug-likeness (QED) is 0.709. The van der Waals surface area contributed by atoms with E-state index in [2.05, 4.69) is 10.6 Å². The number of methoxy groups -OCH3 is 1. The molecule has 0 aliphatic carbocycles. The van der Waals surface area contributed by atoms with Gasteiger partial charge in [0.25, 0.3) is 5.91 Å². The number of carbonyl (C=O) groups is 3. The number of urea groups is 1. The third-order valence-electron chi connectivity index (χ3n) is 4.86. The van der Waals surface area contributed by atoms with Crippen LogP contribution in [-0.2, 0) is 16.0 Å². The number of nitrogens with zero attached hydrogens (tertiary/aromatic N) is 1. The second-order valence-corrected chi connectivity index (χ2v) is 7.59. The molecule has 1 saturated heterocycles. The number of nitrogens with one attached hydrogen (secondary N) is 2. The van der Waals surface area contributed by atoms with Crippen LogP contribution < -0.4 is 15.4 Å². The van der Waals surface area contributed by atoms with Crippen LogP contribution in [-0.4, -0.2) is 41.9 Å². The van der Waals surface area contributed by atoms with E-state index in [4.69, 9.17) is 16.3 Å². The zero-order chi connectivity index (χ0) is 21.2. The van der Waals surface area contributed by atoms with Crippen molar-refractivity contribution in [2.75, 3.05) is 19.0 Å². The van der Waals surface area contributed by atoms with E-state index in [0.717, 1.165) is 16.0 Å². The molecule has 2 N–H and O–H groups in total. The SMILES string of the molecule is COc1ccccc1C[C@]1(C)NC(=O)N(CC(=O)Nc2cc(Cl)ccc2C)C1=O. The van der Waals surface area contributed by atoms with E-state index in [1.54, 1.807) is 38.3 Å². The number of imide groups is 1. The zero-order valence-electron chi connectivity index (χ0n) is 16.4. The summed E-state index contributed by atoms with van der Waals surface area (Å²) in [7, 11) is 1.55. The highest BCUT2D eigenvalue weighted by atomic mass is 35.5. The van der Waals surface area contributed by atoms with Gasteiger partial charge in [0.2, 0.25) is 5.91 Å². The highest BCUT2D eigenvalue weighted by molar-refractivity contribution is 6.31. The fraction of sp³-hybridized carbons (Fsp3) is 0.286. The Balaban J connectivity index is 1.73. The highest BCUT2D eigenvalue weighted by Crippen LogP contribution is 2.27. The average Bonchev–Trinajstić information content (AvgIpc) is 2.88. The van der Waals surface area contributed by atoms with Crippen LogP contribution in [0.3, 0.4) is 0 Å². The number of rotatable bonds is 6. The van der Waals surface area contributed by atoms with Crippen LogP contribution in [0.2, 0.25) is 5.02 Å². The second kappa shape index (κ2) is 8.13. The zero-order valence-corrected chi connectivity index (χ0v) is 17.2. The monoisotopic (exact) mass is 415 g/mol. The summed E-state index contributed by atoms with van der Waals surface area (Å²) in [5.41, 5.74) is 0.970. The van der Waals surface area contributed by atoms with Crippen LogP contribution in [0.15, 0.2) is 42.5 Å². The van der Waals surface area contributed by atoms with Crippen LogP contribution >= 0.6 is 11.6 Å². The standard InChI is InChI=1S/C21H22ClN3O4/c1-13-8-9-15(22)10-16(13)23-18(26)12-25-19(27)21(2,24-20(25)28)11-14-6-4-5-7-17(14)29-3/h4-10H,11-12H2,1-3H3,(H,23,26)(H,24,28)/t21-/m0/s1. The number of carbonyl (C=O) groups excluding carboxylic acids is 3. The van der Waals surface area contributed by atoms with Crippen LogP contribution in [0, 0.1) is 6.92 Å². The summed E-state index contributed by atoms with van der Waals surface area (Å²) in [6, 6.07) is 11.8. The molecule has 1 fully saturated rings. The van der Waals surface area contributed by atoms with Crippen molar-refractivity contribution < 1.29 is 19.1 Å². The molecule has 1 heterocycles. The van der Waals surface area contributed by atoms with Crippen LogP contribution in [0.1, 0.15) is 18.1 Å². The fourth-order valence-corrected chi connectivity index (χ4v) is 3.47. The summed E-state index contributed by atoms with van der Waals surface area (Å²) in [4.78, 5) is 38.7. The van der Waals surface area contributed by atoms with E-state index in [1.807, 2.05) is 25.1 Å². The van der Waals surface area contributed by atoms with Gasteiger partial charge in [0.05, 0.1) is 7.11 Å². The van der Waals surface area contributed by atoms with Crippen molar-refractivity contribution >= 4 is 35.1 Å². The molecule has 1 aliphatic heterocycles. The maximum atomic E-state index is 13.0. The van der Waals surface area contributed by atoms with Gasteiger partial charge in [0, 0.05) is 17.1 Å². The Morgan fingerprint density at radius 1 is 1.24 bits per heavy atom. The average molecular weight is 416 g/mol. The topological polar surface area (TPSA) is 87.7 Å². The highest BCUT2D eigenvalue weighted by Gasteiger charge is 2.48. The minimum atomic E-state index is -1.17. The minimum absolute atomic E-state index is 0.243. The van der Waals surface area contributed by atoms with Gasteiger partial charge in [-0.15, -0.1) is 0 Å². The third kappa shape index (κ3) is 4.35. The smallest absolute Gasteiger partial charge is 0.325 e. The van der Waals surface area contributed by atoms with E-state index < -0.39 is 29.9 Å². The fourth-order valence-electron chi connectivity index (χ4n) is 3.30. The van der Waals surface area contributed by atoms with Gasteiger partial charge in [-0.3, -0.25) is 14.5 Å². The number of hydrogen-bond donors (Lipinski definition) is 2. The van der Waals surface area contributed by atoms with Crippen molar-refractivity contribution in [1.82, 2.24) is 10.2 Å². The predicted molar refractivity (Wildman–Crippen MR) is 110 cm³/mol. The van der Waals surface area contributed by atoms with Crippen molar-refractivity contribution in [2.24, 2.45) is 0 Å².